The number of anilines is 2. The molecule has 2 aliphatic rings. The molecule has 1 aliphatic carbocycles. The lowest BCUT2D eigenvalue weighted by atomic mass is 9.83. The maximum Gasteiger partial charge on any atom is 0.199 e. The number of rotatable bonds is 3. The van der Waals surface area contributed by atoms with Crippen LogP contribution in [0.5, 0.6) is 5.75 Å². The molecule has 0 bridgehead atoms. The molecule has 2 N–H and O–H groups in total. The van der Waals surface area contributed by atoms with Gasteiger partial charge in [0, 0.05) is 24.8 Å². The number of ether oxygens (including phenoxy) is 1. The lowest BCUT2D eigenvalue weighted by Crippen LogP contribution is -2.37. The van der Waals surface area contributed by atoms with Crippen molar-refractivity contribution in [1.29, 1.82) is 0 Å². The zero-order chi connectivity index (χ0) is 21.8. The summed E-state index contributed by atoms with van der Waals surface area (Å²) in [6, 6.07) is 3.97. The number of pyridine rings is 1. The number of fused-ring (bicyclic) bond motifs is 3. The first-order chi connectivity index (χ1) is 14.8. The summed E-state index contributed by atoms with van der Waals surface area (Å²) in [5, 5.41) is 19.4. The lowest BCUT2D eigenvalue weighted by molar-refractivity contribution is 0.0196. The van der Waals surface area contributed by atoms with E-state index in [0.717, 1.165) is 66.4 Å². The van der Waals surface area contributed by atoms with Crippen LogP contribution in [0.1, 0.15) is 38.3 Å². The second kappa shape index (κ2) is 7.53. The van der Waals surface area contributed by atoms with Crippen molar-refractivity contribution in [2.75, 3.05) is 30.4 Å². The third-order valence-corrected chi connectivity index (χ3v) is 6.54. The maximum atomic E-state index is 10.3. The molecule has 1 aliphatic heterocycles. The van der Waals surface area contributed by atoms with E-state index < -0.39 is 5.60 Å². The fourth-order valence-corrected chi connectivity index (χ4v) is 4.74. The summed E-state index contributed by atoms with van der Waals surface area (Å²) >= 11 is 6.16. The fraction of sp³-hybridized carbons (Fsp3) is 0.500. The van der Waals surface area contributed by atoms with E-state index in [2.05, 4.69) is 22.2 Å². The molecule has 1 fully saturated rings. The van der Waals surface area contributed by atoms with Gasteiger partial charge in [0.05, 0.1) is 23.5 Å². The molecule has 0 amide bonds. The van der Waals surface area contributed by atoms with Crippen molar-refractivity contribution >= 4 is 28.8 Å². The topological polar surface area (TPSA) is 87.8 Å². The van der Waals surface area contributed by atoms with E-state index in [-0.39, 0.29) is 6.04 Å². The van der Waals surface area contributed by atoms with Crippen molar-refractivity contribution in [3.8, 4) is 17.0 Å². The monoisotopic (exact) mass is 442 g/mol. The van der Waals surface area contributed by atoms with Gasteiger partial charge in [-0.3, -0.25) is 0 Å². The van der Waals surface area contributed by atoms with Gasteiger partial charge in [0.2, 0.25) is 0 Å². The second-order valence-corrected chi connectivity index (χ2v) is 9.25. The number of nitrogens with one attached hydrogen (secondary N) is 1. The van der Waals surface area contributed by atoms with Crippen LogP contribution in [-0.2, 0) is 0 Å². The molecule has 0 unspecified atom stereocenters. The number of aliphatic hydroxyl groups is 1. The number of nitrogens with zero attached hydrogens (tertiary/aromatic N) is 5. The minimum Gasteiger partial charge on any atom is -0.486 e. The van der Waals surface area contributed by atoms with Gasteiger partial charge in [-0.15, -0.1) is 5.10 Å². The molecular weight excluding hydrogens is 416 g/mol. The summed E-state index contributed by atoms with van der Waals surface area (Å²) in [5.74, 6) is 1.51. The minimum absolute atomic E-state index is 0.244. The van der Waals surface area contributed by atoms with Gasteiger partial charge in [0.25, 0.3) is 0 Å². The molecule has 3 aromatic rings. The van der Waals surface area contributed by atoms with Crippen LogP contribution in [0, 0.1) is 6.92 Å². The smallest absolute Gasteiger partial charge is 0.199 e. The van der Waals surface area contributed by atoms with Crippen molar-refractivity contribution in [1.82, 2.24) is 19.6 Å². The Labute approximate surface area is 186 Å². The van der Waals surface area contributed by atoms with Crippen molar-refractivity contribution in [3.63, 3.8) is 0 Å². The van der Waals surface area contributed by atoms with Crippen LogP contribution in [0.3, 0.4) is 0 Å². The van der Waals surface area contributed by atoms with E-state index >= 15 is 0 Å². The molecule has 5 rings (SSSR count). The SMILES string of the molecule is Cc1nc2c3c(c(NC4CCC(C)(O)CC4)nn2c1-c1ccnc(Cl)c1)N(C)CCO3. The van der Waals surface area contributed by atoms with Gasteiger partial charge in [0.1, 0.15) is 17.4 Å². The predicted molar refractivity (Wildman–Crippen MR) is 121 cm³/mol. The summed E-state index contributed by atoms with van der Waals surface area (Å²) in [6.07, 6.45) is 5.01. The van der Waals surface area contributed by atoms with Gasteiger partial charge in [0.15, 0.2) is 17.2 Å². The number of halogens is 1. The summed E-state index contributed by atoms with van der Waals surface area (Å²) < 4.78 is 7.96. The maximum absolute atomic E-state index is 10.3. The number of aromatic nitrogens is 4. The third kappa shape index (κ3) is 3.68. The molecule has 9 heteroatoms. The highest BCUT2D eigenvalue weighted by Crippen LogP contribution is 2.42. The highest BCUT2D eigenvalue weighted by Gasteiger charge is 2.32. The van der Waals surface area contributed by atoms with Gasteiger partial charge < -0.3 is 20.1 Å². The molecule has 164 valence electrons. The number of likely N-dealkylation sites (N-methyl/N-ethyl adjacent to an activating group) is 1. The summed E-state index contributed by atoms with van der Waals surface area (Å²) in [6.45, 7) is 5.26. The number of imidazole rings is 1. The zero-order valence-corrected chi connectivity index (χ0v) is 18.8. The van der Waals surface area contributed by atoms with E-state index in [0.29, 0.717) is 17.4 Å². The van der Waals surface area contributed by atoms with Gasteiger partial charge in [-0.05, 0) is 51.7 Å². The molecule has 31 heavy (non-hydrogen) atoms. The van der Waals surface area contributed by atoms with E-state index in [1.165, 1.54) is 0 Å². The molecule has 4 heterocycles. The Bertz CT molecular complexity index is 1130. The zero-order valence-electron chi connectivity index (χ0n) is 18.0. The Morgan fingerprint density at radius 3 is 2.84 bits per heavy atom. The first-order valence-corrected chi connectivity index (χ1v) is 11.1. The van der Waals surface area contributed by atoms with E-state index in [1.54, 1.807) is 6.20 Å². The van der Waals surface area contributed by atoms with E-state index in [4.69, 9.17) is 26.4 Å². The molecule has 0 atom stereocenters. The van der Waals surface area contributed by atoms with Crippen molar-refractivity contribution in [2.24, 2.45) is 0 Å². The summed E-state index contributed by atoms with van der Waals surface area (Å²) in [5.41, 5.74) is 3.67. The van der Waals surface area contributed by atoms with Gasteiger partial charge in [-0.25, -0.2) is 14.5 Å². The first kappa shape index (κ1) is 20.3. The highest BCUT2D eigenvalue weighted by atomic mass is 35.5. The highest BCUT2D eigenvalue weighted by molar-refractivity contribution is 6.29. The first-order valence-electron chi connectivity index (χ1n) is 10.7. The summed E-state index contributed by atoms with van der Waals surface area (Å²) in [7, 11) is 2.05. The van der Waals surface area contributed by atoms with Crippen LogP contribution in [0.15, 0.2) is 18.3 Å². The van der Waals surface area contributed by atoms with Gasteiger partial charge in [-0.2, -0.15) is 0 Å². The van der Waals surface area contributed by atoms with E-state index in [9.17, 15) is 5.11 Å². The van der Waals surface area contributed by atoms with Crippen LogP contribution >= 0.6 is 11.6 Å². The van der Waals surface area contributed by atoms with Crippen molar-refractivity contribution in [2.45, 2.75) is 51.2 Å². The Balaban J connectivity index is 1.64. The van der Waals surface area contributed by atoms with E-state index in [1.807, 2.05) is 30.5 Å². The van der Waals surface area contributed by atoms with Crippen LogP contribution in [0.2, 0.25) is 5.15 Å². The van der Waals surface area contributed by atoms with Gasteiger partial charge >= 0.3 is 0 Å². The summed E-state index contributed by atoms with van der Waals surface area (Å²) in [4.78, 5) is 11.1. The Morgan fingerprint density at radius 2 is 2.10 bits per heavy atom. The fourth-order valence-electron chi connectivity index (χ4n) is 4.56. The third-order valence-electron chi connectivity index (χ3n) is 6.33. The molecular formula is C22H27ClN6O2. The number of hydrogen-bond donors (Lipinski definition) is 2. The number of hydrogen-bond acceptors (Lipinski definition) is 7. The standard InChI is InChI=1S/C22H27ClN6O2/c1-13-17(14-6-9-24-16(23)12-14)29-21(25-13)19-18(28(3)10-11-31-19)20(27-29)26-15-4-7-22(2,30)8-5-15/h6,9,12,15,30H,4-5,7-8,10-11H2,1-3H3,(H,26,27). The Morgan fingerprint density at radius 1 is 1.32 bits per heavy atom. The normalized spacial score (nSPS) is 23.5. The average Bonchev–Trinajstić information content (AvgIpc) is 3.05. The van der Waals surface area contributed by atoms with Crippen LogP contribution < -0.4 is 15.0 Å². The molecule has 0 radical (unpaired) electrons. The largest absolute Gasteiger partial charge is 0.486 e. The molecule has 0 saturated heterocycles. The molecule has 0 spiro atoms. The Hall–Kier alpha value is -2.58. The molecule has 1 saturated carbocycles. The number of aryl methyl sites for hydroxylation is 1. The molecule has 8 nitrogen and oxygen atoms in total. The quantitative estimate of drug-likeness (QED) is 0.598. The average molecular weight is 443 g/mol. The van der Waals surface area contributed by atoms with Gasteiger partial charge in [-0.1, -0.05) is 11.6 Å². The molecule has 3 aromatic heterocycles. The van der Waals surface area contributed by atoms with Crippen LogP contribution in [0.4, 0.5) is 11.5 Å². The van der Waals surface area contributed by atoms with Crippen LogP contribution in [-0.4, -0.2) is 56.5 Å². The molecule has 0 aromatic carbocycles. The predicted octanol–water partition coefficient (Wildman–Crippen LogP) is 3.69. The Kier molecular flexibility index (Phi) is 4.94. The second-order valence-electron chi connectivity index (χ2n) is 8.86. The minimum atomic E-state index is -0.579. The lowest BCUT2D eigenvalue weighted by Gasteiger charge is -2.35. The van der Waals surface area contributed by atoms with Crippen molar-refractivity contribution in [3.05, 3.63) is 29.2 Å². The van der Waals surface area contributed by atoms with Crippen molar-refractivity contribution < 1.29 is 9.84 Å². The van der Waals surface area contributed by atoms with Crippen LogP contribution in [0.25, 0.3) is 16.9 Å².